The number of halogens is 1. The van der Waals surface area contributed by atoms with Gasteiger partial charge in [0.1, 0.15) is 23.9 Å². The van der Waals surface area contributed by atoms with E-state index in [1.807, 2.05) is 19.1 Å². The summed E-state index contributed by atoms with van der Waals surface area (Å²) in [5.74, 6) is 6.83. The van der Waals surface area contributed by atoms with E-state index in [1.54, 1.807) is 36.5 Å². The average Bonchev–Trinajstić information content (AvgIpc) is 3.53. The number of alkyl halides is 1. The minimum atomic E-state index is -1.57. The van der Waals surface area contributed by atoms with Crippen molar-refractivity contribution in [3.8, 4) is 35.0 Å². The van der Waals surface area contributed by atoms with E-state index in [1.165, 1.54) is 12.7 Å². The highest BCUT2D eigenvalue weighted by Crippen LogP contribution is 2.35. The van der Waals surface area contributed by atoms with Crippen LogP contribution in [0, 0.1) is 29.6 Å². The Morgan fingerprint density at radius 1 is 1.00 bits per heavy atom. The molecule has 13 heteroatoms. The zero-order valence-corrected chi connectivity index (χ0v) is 35.1. The molecular formula is C48H54FN5O7. The van der Waals surface area contributed by atoms with Crippen LogP contribution in [0.3, 0.4) is 0 Å². The Labute approximate surface area is 356 Å². The maximum absolute atomic E-state index is 14.4. The summed E-state index contributed by atoms with van der Waals surface area (Å²) in [5.41, 5.74) is 8.90. The number of hydrogen-bond acceptors (Lipinski definition) is 9. The number of pyridine rings is 1. The first-order chi connectivity index (χ1) is 29.5. The number of hydrogen-bond donors (Lipinski definition) is 3. The molecule has 3 heterocycles. The minimum absolute atomic E-state index is 0.0394. The number of nitrogens with zero attached hydrogens (tertiary/aromatic N) is 2. The Balaban J connectivity index is 0.862. The fourth-order valence-corrected chi connectivity index (χ4v) is 8.82. The Hall–Kier alpha value is -6.00. The number of benzene rings is 3. The molecule has 4 N–H and O–H groups in total. The highest BCUT2D eigenvalue weighted by atomic mass is 19.1. The van der Waals surface area contributed by atoms with E-state index >= 15 is 0 Å². The van der Waals surface area contributed by atoms with Crippen LogP contribution in [0.2, 0.25) is 0 Å². The molecule has 1 saturated carbocycles. The molecule has 61 heavy (non-hydrogen) atoms. The van der Waals surface area contributed by atoms with Crippen molar-refractivity contribution in [3.63, 3.8) is 0 Å². The third kappa shape index (κ3) is 10.3. The number of imide groups is 1. The number of unbranched alkanes of at least 4 members (excludes halogenated alkanes) is 2. The second-order valence-corrected chi connectivity index (χ2v) is 16.5. The van der Waals surface area contributed by atoms with Gasteiger partial charge in [0.15, 0.2) is 6.17 Å². The molecule has 7 rings (SSSR count). The van der Waals surface area contributed by atoms with Gasteiger partial charge in [0.25, 0.3) is 17.7 Å². The summed E-state index contributed by atoms with van der Waals surface area (Å²) in [4.78, 5) is 55.6. The number of methoxy groups -OCH3 is 1. The summed E-state index contributed by atoms with van der Waals surface area (Å²) >= 11 is 0. The maximum atomic E-state index is 14.4. The van der Waals surface area contributed by atoms with Crippen LogP contribution >= 0.6 is 0 Å². The molecule has 0 bridgehead atoms. The molecule has 2 aliphatic heterocycles. The van der Waals surface area contributed by atoms with Gasteiger partial charge in [-0.05, 0) is 112 Å². The van der Waals surface area contributed by atoms with Gasteiger partial charge in [-0.25, -0.2) is 9.37 Å². The smallest absolute Gasteiger partial charge is 0.261 e. The molecule has 2 fully saturated rings. The molecule has 12 nitrogen and oxygen atoms in total. The number of fused-ring (bicyclic) bond motifs is 2. The third-order valence-electron chi connectivity index (χ3n) is 12.2. The van der Waals surface area contributed by atoms with E-state index in [0.29, 0.717) is 51.3 Å². The predicted molar refractivity (Wildman–Crippen MR) is 229 cm³/mol. The van der Waals surface area contributed by atoms with E-state index in [0.717, 1.165) is 64.5 Å². The van der Waals surface area contributed by atoms with Crippen molar-refractivity contribution in [2.75, 3.05) is 33.9 Å². The number of ether oxygens (including phenoxy) is 3. The largest absolute Gasteiger partial charge is 0.496 e. The van der Waals surface area contributed by atoms with Gasteiger partial charge in [0.05, 0.1) is 36.3 Å². The number of primary amides is 1. The van der Waals surface area contributed by atoms with Crippen molar-refractivity contribution in [1.29, 1.82) is 0 Å². The Kier molecular flexibility index (Phi) is 13.8. The van der Waals surface area contributed by atoms with Gasteiger partial charge in [-0.15, -0.1) is 0 Å². The van der Waals surface area contributed by atoms with Crippen molar-refractivity contribution in [1.82, 2.24) is 20.5 Å². The summed E-state index contributed by atoms with van der Waals surface area (Å²) < 4.78 is 32.0. The van der Waals surface area contributed by atoms with E-state index in [-0.39, 0.29) is 42.0 Å². The Morgan fingerprint density at radius 3 is 2.52 bits per heavy atom. The fourth-order valence-electron chi connectivity index (χ4n) is 8.82. The van der Waals surface area contributed by atoms with Crippen LogP contribution in [0.1, 0.15) is 95.7 Å². The first-order valence-corrected chi connectivity index (χ1v) is 21.3. The third-order valence-corrected chi connectivity index (χ3v) is 12.2. The van der Waals surface area contributed by atoms with Crippen LogP contribution in [-0.4, -0.2) is 79.6 Å². The van der Waals surface area contributed by atoms with Crippen LogP contribution in [-0.2, 0) is 22.4 Å². The molecule has 3 aliphatic rings. The molecule has 320 valence electrons. The fraction of sp³-hybridized carbons (Fsp3) is 0.438. The number of carbonyl (C=O) groups is 4. The van der Waals surface area contributed by atoms with Crippen molar-refractivity contribution in [2.24, 2.45) is 23.5 Å². The molecular weight excluding hydrogens is 778 g/mol. The quantitative estimate of drug-likeness (QED) is 0.0635. The first kappa shape index (κ1) is 43.1. The zero-order chi connectivity index (χ0) is 43.0. The summed E-state index contributed by atoms with van der Waals surface area (Å²) in [6.45, 7) is 4.00. The maximum Gasteiger partial charge on any atom is 0.261 e. The molecule has 1 saturated heterocycles. The lowest BCUT2D eigenvalue weighted by Gasteiger charge is -2.29. The van der Waals surface area contributed by atoms with Crippen molar-refractivity contribution in [3.05, 3.63) is 88.6 Å². The van der Waals surface area contributed by atoms with Crippen LogP contribution in [0.4, 0.5) is 4.39 Å². The van der Waals surface area contributed by atoms with Crippen LogP contribution in [0.5, 0.6) is 23.1 Å². The van der Waals surface area contributed by atoms with Gasteiger partial charge in [-0.3, -0.25) is 24.5 Å². The molecule has 4 amide bonds. The summed E-state index contributed by atoms with van der Waals surface area (Å²) in [6.07, 6.45) is 9.27. The lowest BCUT2D eigenvalue weighted by molar-refractivity contribution is -0.124. The van der Waals surface area contributed by atoms with Crippen LogP contribution in [0.25, 0.3) is 10.8 Å². The average molecular weight is 832 g/mol. The normalized spacial score (nSPS) is 21.0. The number of carbonyl (C=O) groups excluding carboxylic acids is 4. The topological polar surface area (TPSA) is 162 Å². The molecule has 1 aliphatic carbocycles. The number of aryl methyl sites for hydroxylation is 1. The van der Waals surface area contributed by atoms with Crippen molar-refractivity contribution >= 4 is 34.4 Å². The lowest BCUT2D eigenvalue weighted by atomic mass is 9.82. The van der Waals surface area contributed by atoms with Gasteiger partial charge in [-0.1, -0.05) is 49.5 Å². The second-order valence-electron chi connectivity index (χ2n) is 16.5. The second kappa shape index (κ2) is 19.6. The molecule has 0 spiro atoms. The molecule has 4 aromatic rings. The van der Waals surface area contributed by atoms with Crippen molar-refractivity contribution < 1.29 is 37.8 Å². The predicted octanol–water partition coefficient (Wildman–Crippen LogP) is 6.69. The highest BCUT2D eigenvalue weighted by molar-refractivity contribution is 6.11. The van der Waals surface area contributed by atoms with Gasteiger partial charge in [0, 0.05) is 35.3 Å². The summed E-state index contributed by atoms with van der Waals surface area (Å²) in [5, 5.41) is 6.29. The number of nitrogens with one attached hydrogen (secondary N) is 2. The molecule has 1 aromatic heterocycles. The Morgan fingerprint density at radius 2 is 1.79 bits per heavy atom. The monoisotopic (exact) mass is 831 g/mol. The van der Waals surface area contributed by atoms with Gasteiger partial charge >= 0.3 is 0 Å². The summed E-state index contributed by atoms with van der Waals surface area (Å²) in [6, 6.07) is 16.1. The van der Waals surface area contributed by atoms with E-state index in [2.05, 4.69) is 51.5 Å². The standard InChI is InChI=1S/C48H54FN5O7/c1-4-35-39(52-47(58)44(35)49)28-60-48-37-25-41(59-3)38(45(50)56)24-36(37)33(26-51-48)19-16-30-12-14-31(15-13-30)27-54(2)22-7-5-6-9-29-17-20-34(21-18-29)61-40-11-8-10-32-23-42(55)53-46(57)43(32)40/h8,10-11,17-18,20-21,24-26,30-31,35,39,44H,4-7,9,12-15,22-23,27-28H2,1-3H3,(H2,50,56)(H,52,58)(H,53,55,57)/t30-,31-,35-,39+,44-/m0/s1. The van der Waals surface area contributed by atoms with Crippen LogP contribution < -0.4 is 30.6 Å². The molecule has 0 radical (unpaired) electrons. The van der Waals surface area contributed by atoms with Gasteiger partial charge in [-0.2, -0.15) is 0 Å². The first-order valence-electron chi connectivity index (χ1n) is 21.3. The number of amides is 4. The molecule has 0 unspecified atom stereocenters. The Bertz CT molecular complexity index is 2330. The molecule has 3 atom stereocenters. The zero-order valence-electron chi connectivity index (χ0n) is 35.1. The summed E-state index contributed by atoms with van der Waals surface area (Å²) in [7, 11) is 3.66. The minimum Gasteiger partial charge on any atom is -0.496 e. The number of aromatic nitrogens is 1. The number of rotatable bonds is 16. The van der Waals surface area contributed by atoms with E-state index < -0.39 is 35.9 Å². The van der Waals surface area contributed by atoms with E-state index in [4.69, 9.17) is 19.9 Å². The highest BCUT2D eigenvalue weighted by Gasteiger charge is 2.42. The van der Waals surface area contributed by atoms with E-state index in [9.17, 15) is 23.6 Å². The number of nitrogens with two attached hydrogens (primary N) is 1. The van der Waals surface area contributed by atoms with Crippen LogP contribution in [0.15, 0.2) is 60.8 Å². The van der Waals surface area contributed by atoms with Crippen molar-refractivity contribution in [2.45, 2.75) is 83.3 Å². The molecule has 3 aromatic carbocycles. The SMILES string of the molecule is CC[C@@H]1[C@H](F)C(=O)N[C@@H]1COc1ncc(C#C[C@H]2CC[C@H](CN(C)CCCCCc3ccc(Oc4cccc5c4C(=O)NC(=O)C5)cc3)CC2)c2cc(C(N)=O)c(OC)cc12. The lowest BCUT2D eigenvalue weighted by Crippen LogP contribution is -2.37. The van der Waals surface area contributed by atoms with Gasteiger partial charge < -0.3 is 30.2 Å². The van der Waals surface area contributed by atoms with Gasteiger partial charge in [0.2, 0.25) is 11.8 Å².